The monoisotopic (exact) mass is 401 g/mol. The molecule has 7 nitrogen and oxygen atoms in total. The Balaban J connectivity index is 1.14. The summed E-state index contributed by atoms with van der Waals surface area (Å²) < 4.78 is 17.5. The van der Waals surface area contributed by atoms with Crippen molar-refractivity contribution in [1.29, 1.82) is 0 Å². The Kier molecular flexibility index (Phi) is 5.47. The van der Waals surface area contributed by atoms with Crippen molar-refractivity contribution in [2.45, 2.75) is 37.6 Å². The average molecular weight is 402 g/mol. The molecule has 4 aliphatic heterocycles. The Morgan fingerprint density at radius 2 is 2.03 bits per heavy atom. The summed E-state index contributed by atoms with van der Waals surface area (Å²) in [5.41, 5.74) is 0.877. The van der Waals surface area contributed by atoms with Gasteiger partial charge in [0.25, 0.3) is 0 Å². The van der Waals surface area contributed by atoms with E-state index in [2.05, 4.69) is 28.0 Å². The van der Waals surface area contributed by atoms with Crippen LogP contribution in [0.1, 0.15) is 24.8 Å². The van der Waals surface area contributed by atoms with Crippen molar-refractivity contribution in [3.8, 4) is 5.75 Å². The lowest BCUT2D eigenvalue weighted by Crippen LogP contribution is -2.47. The molecule has 5 rings (SSSR count). The molecule has 4 fully saturated rings. The maximum absolute atomic E-state index is 12.4. The van der Waals surface area contributed by atoms with Crippen molar-refractivity contribution in [2.75, 3.05) is 59.2 Å². The summed E-state index contributed by atoms with van der Waals surface area (Å²) >= 11 is 0. The first-order chi connectivity index (χ1) is 14.2. The van der Waals surface area contributed by atoms with Gasteiger partial charge in [-0.3, -0.25) is 14.6 Å². The smallest absolute Gasteiger partial charge is 0.226 e. The summed E-state index contributed by atoms with van der Waals surface area (Å²) in [4.78, 5) is 19.2. The normalized spacial score (nSPS) is 30.0. The minimum absolute atomic E-state index is 0.176. The van der Waals surface area contributed by atoms with E-state index in [0.29, 0.717) is 13.0 Å². The molecule has 1 aromatic carbocycles. The van der Waals surface area contributed by atoms with Crippen molar-refractivity contribution in [1.82, 2.24) is 14.7 Å². The van der Waals surface area contributed by atoms with E-state index in [1.54, 1.807) is 0 Å². The van der Waals surface area contributed by atoms with Crippen molar-refractivity contribution >= 4 is 5.91 Å². The van der Waals surface area contributed by atoms with E-state index < -0.39 is 0 Å². The molecule has 4 aliphatic rings. The molecule has 1 amide bonds. The van der Waals surface area contributed by atoms with Crippen LogP contribution in [0, 0.1) is 0 Å². The fourth-order valence-corrected chi connectivity index (χ4v) is 5.34. The number of carbonyl (C=O) groups is 1. The Hall–Kier alpha value is -1.67. The van der Waals surface area contributed by atoms with E-state index in [0.717, 1.165) is 77.7 Å². The SMILES string of the molecule is O=C1C[C@H]2N(Cc3cccc(OCCCN4CCOCC4)c3)CC[C@]23OCCN13. The van der Waals surface area contributed by atoms with Crippen LogP contribution in [0.3, 0.4) is 0 Å². The third-order valence-corrected chi connectivity index (χ3v) is 6.79. The number of hydrogen-bond acceptors (Lipinski definition) is 6. The highest BCUT2D eigenvalue weighted by molar-refractivity contribution is 5.81. The second-order valence-electron chi connectivity index (χ2n) is 8.48. The van der Waals surface area contributed by atoms with Crippen LogP contribution in [0.5, 0.6) is 5.75 Å². The van der Waals surface area contributed by atoms with E-state index in [4.69, 9.17) is 14.2 Å². The van der Waals surface area contributed by atoms with Crippen molar-refractivity contribution in [2.24, 2.45) is 0 Å². The molecule has 0 aliphatic carbocycles. The maximum Gasteiger partial charge on any atom is 0.226 e. The van der Waals surface area contributed by atoms with Gasteiger partial charge in [0.2, 0.25) is 5.91 Å². The molecular weight excluding hydrogens is 370 g/mol. The summed E-state index contributed by atoms with van der Waals surface area (Å²) in [6.07, 6.45) is 2.52. The van der Waals surface area contributed by atoms with Gasteiger partial charge >= 0.3 is 0 Å². The molecule has 29 heavy (non-hydrogen) atoms. The molecule has 0 bridgehead atoms. The fourth-order valence-electron chi connectivity index (χ4n) is 5.34. The first kappa shape index (κ1) is 19.3. The highest BCUT2D eigenvalue weighted by atomic mass is 16.5. The zero-order chi connectivity index (χ0) is 19.7. The Morgan fingerprint density at radius 1 is 1.14 bits per heavy atom. The molecule has 0 aromatic heterocycles. The molecule has 0 N–H and O–H groups in total. The van der Waals surface area contributed by atoms with Gasteiger partial charge in [-0.25, -0.2) is 0 Å². The number of ether oxygens (including phenoxy) is 3. The van der Waals surface area contributed by atoms with Gasteiger partial charge in [0, 0.05) is 52.1 Å². The largest absolute Gasteiger partial charge is 0.494 e. The number of nitrogens with zero attached hydrogens (tertiary/aromatic N) is 3. The van der Waals surface area contributed by atoms with Crippen LogP contribution in [0.2, 0.25) is 0 Å². The van der Waals surface area contributed by atoms with Crippen LogP contribution in [0.15, 0.2) is 24.3 Å². The molecule has 1 aromatic rings. The van der Waals surface area contributed by atoms with Crippen molar-refractivity contribution in [3.63, 3.8) is 0 Å². The number of benzene rings is 1. The summed E-state index contributed by atoms with van der Waals surface area (Å²) in [6, 6.07) is 8.57. The van der Waals surface area contributed by atoms with E-state index >= 15 is 0 Å². The predicted molar refractivity (Wildman–Crippen MR) is 108 cm³/mol. The lowest BCUT2D eigenvalue weighted by atomic mass is 10.1. The number of carbonyl (C=O) groups excluding carboxylic acids is 1. The lowest BCUT2D eigenvalue weighted by molar-refractivity contribution is -0.136. The number of morpholine rings is 1. The summed E-state index contributed by atoms with van der Waals surface area (Å²) in [7, 11) is 0. The van der Waals surface area contributed by atoms with Crippen LogP contribution >= 0.6 is 0 Å². The molecule has 1 spiro atoms. The zero-order valence-electron chi connectivity index (χ0n) is 17.1. The first-order valence-corrected chi connectivity index (χ1v) is 10.9. The standard InChI is InChI=1S/C22H31N3O4/c26-21-16-20-22(25(21)10-14-29-22)5-7-24(20)17-18-3-1-4-19(15-18)28-11-2-6-23-8-12-27-13-9-23/h1,3-4,15,20H,2,5-14,16-17H2/t20-,22+/m1/s1. The highest BCUT2D eigenvalue weighted by Gasteiger charge is 2.61. The van der Waals surface area contributed by atoms with Crippen molar-refractivity contribution < 1.29 is 19.0 Å². The third kappa shape index (κ3) is 3.77. The highest BCUT2D eigenvalue weighted by Crippen LogP contribution is 2.45. The Bertz CT molecular complexity index is 739. The van der Waals surface area contributed by atoms with Gasteiger partial charge in [-0.05, 0) is 24.1 Å². The Morgan fingerprint density at radius 3 is 2.93 bits per heavy atom. The van der Waals surface area contributed by atoms with E-state index in [9.17, 15) is 4.79 Å². The number of likely N-dealkylation sites (tertiary alicyclic amines) is 1. The molecule has 0 saturated carbocycles. The quantitative estimate of drug-likeness (QED) is 0.643. The van der Waals surface area contributed by atoms with Gasteiger partial charge in [-0.1, -0.05) is 12.1 Å². The molecule has 0 unspecified atom stereocenters. The summed E-state index contributed by atoms with van der Waals surface area (Å²) in [5, 5.41) is 0. The van der Waals surface area contributed by atoms with Crippen LogP contribution in [-0.2, 0) is 20.8 Å². The molecule has 158 valence electrons. The molecule has 2 atom stereocenters. The van der Waals surface area contributed by atoms with E-state index in [1.165, 1.54) is 5.56 Å². The second kappa shape index (κ2) is 8.22. The van der Waals surface area contributed by atoms with Gasteiger partial charge in [-0.15, -0.1) is 0 Å². The van der Waals surface area contributed by atoms with Gasteiger partial charge in [-0.2, -0.15) is 0 Å². The lowest BCUT2D eigenvalue weighted by Gasteiger charge is -2.31. The van der Waals surface area contributed by atoms with Crippen molar-refractivity contribution in [3.05, 3.63) is 29.8 Å². The fraction of sp³-hybridized carbons (Fsp3) is 0.682. The minimum atomic E-state index is -0.356. The molecule has 0 radical (unpaired) electrons. The van der Waals surface area contributed by atoms with Gasteiger partial charge in [0.1, 0.15) is 5.75 Å². The van der Waals surface area contributed by atoms with Crippen LogP contribution in [0.4, 0.5) is 0 Å². The second-order valence-corrected chi connectivity index (χ2v) is 8.48. The summed E-state index contributed by atoms with van der Waals surface area (Å²) in [5.74, 6) is 1.18. The molecule has 4 heterocycles. The minimum Gasteiger partial charge on any atom is -0.494 e. The molecule has 4 saturated heterocycles. The predicted octanol–water partition coefficient (Wildman–Crippen LogP) is 1.32. The van der Waals surface area contributed by atoms with Crippen LogP contribution < -0.4 is 4.74 Å². The molecular formula is C22H31N3O4. The number of hydrogen-bond donors (Lipinski definition) is 0. The number of rotatable bonds is 7. The maximum atomic E-state index is 12.4. The van der Waals surface area contributed by atoms with E-state index in [-0.39, 0.29) is 17.7 Å². The first-order valence-electron chi connectivity index (χ1n) is 10.9. The van der Waals surface area contributed by atoms with Crippen LogP contribution in [0.25, 0.3) is 0 Å². The molecule has 7 heteroatoms. The van der Waals surface area contributed by atoms with Gasteiger partial charge in [0.15, 0.2) is 5.72 Å². The topological polar surface area (TPSA) is 54.5 Å². The summed E-state index contributed by atoms with van der Waals surface area (Å²) in [6.45, 7) is 8.75. The average Bonchev–Trinajstić information content (AvgIpc) is 3.39. The van der Waals surface area contributed by atoms with E-state index in [1.807, 2.05) is 11.0 Å². The van der Waals surface area contributed by atoms with Gasteiger partial charge < -0.3 is 19.1 Å². The third-order valence-electron chi connectivity index (χ3n) is 6.79. The van der Waals surface area contributed by atoms with Crippen LogP contribution in [-0.4, -0.2) is 91.5 Å². The zero-order valence-corrected chi connectivity index (χ0v) is 17.1. The van der Waals surface area contributed by atoms with Gasteiger partial charge in [0.05, 0.1) is 32.5 Å². The number of amides is 1. The Labute approximate surface area is 172 Å².